The van der Waals surface area contributed by atoms with Crippen molar-refractivity contribution in [3.8, 4) is 0 Å². The second-order valence-corrected chi connectivity index (χ2v) is 6.88. The molecular formula is C16H32N2O. The molecule has 0 aromatic carbocycles. The summed E-state index contributed by atoms with van der Waals surface area (Å²) in [4.78, 5) is 14.3. The zero-order valence-electron chi connectivity index (χ0n) is 13.4. The van der Waals surface area contributed by atoms with Gasteiger partial charge in [-0.3, -0.25) is 4.79 Å². The Hall–Kier alpha value is -0.570. The Morgan fingerprint density at radius 2 is 1.47 bits per heavy atom. The summed E-state index contributed by atoms with van der Waals surface area (Å²) in [7, 11) is 0. The zero-order chi connectivity index (χ0) is 14.4. The number of nitrogens with zero attached hydrogens (tertiary/aromatic N) is 1. The van der Waals surface area contributed by atoms with Crippen LogP contribution >= 0.6 is 0 Å². The van der Waals surface area contributed by atoms with Crippen LogP contribution in [0.5, 0.6) is 0 Å². The molecule has 1 heterocycles. The molecule has 1 saturated heterocycles. The minimum Gasteiger partial charge on any atom is -0.341 e. The maximum atomic E-state index is 12.3. The fourth-order valence-electron chi connectivity index (χ4n) is 3.01. The molecule has 1 aliphatic heterocycles. The van der Waals surface area contributed by atoms with Gasteiger partial charge in [0.1, 0.15) is 0 Å². The summed E-state index contributed by atoms with van der Waals surface area (Å²) in [6.07, 6.45) is 4.63. The van der Waals surface area contributed by atoms with E-state index in [-0.39, 0.29) is 11.9 Å². The maximum Gasteiger partial charge on any atom is 0.239 e. The summed E-state index contributed by atoms with van der Waals surface area (Å²) >= 11 is 0. The maximum absolute atomic E-state index is 12.3. The summed E-state index contributed by atoms with van der Waals surface area (Å²) in [5, 5.41) is 3.57. The van der Waals surface area contributed by atoms with E-state index in [9.17, 15) is 4.79 Å². The molecule has 3 nitrogen and oxygen atoms in total. The molecule has 0 spiro atoms. The largest absolute Gasteiger partial charge is 0.341 e. The van der Waals surface area contributed by atoms with Crippen molar-refractivity contribution in [1.82, 2.24) is 10.2 Å². The van der Waals surface area contributed by atoms with E-state index in [2.05, 4.69) is 33.0 Å². The fraction of sp³-hybridized carbons (Fsp3) is 0.938. The van der Waals surface area contributed by atoms with E-state index in [0.717, 1.165) is 25.9 Å². The number of amides is 1. The van der Waals surface area contributed by atoms with E-state index in [4.69, 9.17) is 0 Å². The van der Waals surface area contributed by atoms with Gasteiger partial charge in [-0.1, -0.05) is 27.7 Å². The SMILES string of the molecule is CC(C)CC(CC(C)C)NC(C)C(=O)N1CCCC1. The molecule has 0 bridgehead atoms. The van der Waals surface area contributed by atoms with Crippen molar-refractivity contribution in [2.75, 3.05) is 13.1 Å². The van der Waals surface area contributed by atoms with Gasteiger partial charge in [0, 0.05) is 19.1 Å². The van der Waals surface area contributed by atoms with Gasteiger partial charge in [0.15, 0.2) is 0 Å². The molecule has 0 radical (unpaired) electrons. The summed E-state index contributed by atoms with van der Waals surface area (Å²) in [5.41, 5.74) is 0. The van der Waals surface area contributed by atoms with Crippen LogP contribution in [0.15, 0.2) is 0 Å². The Labute approximate surface area is 119 Å². The first-order chi connectivity index (χ1) is 8.90. The summed E-state index contributed by atoms with van der Waals surface area (Å²) in [6.45, 7) is 12.9. The fourth-order valence-corrected chi connectivity index (χ4v) is 3.01. The minimum absolute atomic E-state index is 0.0411. The molecule has 0 saturated carbocycles. The Morgan fingerprint density at radius 1 is 1.00 bits per heavy atom. The van der Waals surface area contributed by atoms with Crippen LogP contribution in [0.4, 0.5) is 0 Å². The van der Waals surface area contributed by atoms with Crippen LogP contribution in [0.3, 0.4) is 0 Å². The molecule has 0 aromatic rings. The van der Waals surface area contributed by atoms with Gasteiger partial charge in [-0.05, 0) is 44.4 Å². The van der Waals surface area contributed by atoms with Crippen LogP contribution in [0.2, 0.25) is 0 Å². The van der Waals surface area contributed by atoms with Gasteiger partial charge in [-0.2, -0.15) is 0 Å². The van der Waals surface area contributed by atoms with Gasteiger partial charge in [0.05, 0.1) is 6.04 Å². The average Bonchev–Trinajstić information content (AvgIpc) is 2.79. The van der Waals surface area contributed by atoms with Gasteiger partial charge >= 0.3 is 0 Å². The van der Waals surface area contributed by atoms with Crippen molar-refractivity contribution < 1.29 is 4.79 Å². The predicted molar refractivity (Wildman–Crippen MR) is 81.1 cm³/mol. The minimum atomic E-state index is -0.0411. The molecule has 1 unspecified atom stereocenters. The molecule has 1 aliphatic rings. The van der Waals surface area contributed by atoms with Crippen molar-refractivity contribution in [3.05, 3.63) is 0 Å². The monoisotopic (exact) mass is 268 g/mol. The summed E-state index contributed by atoms with van der Waals surface area (Å²) in [6, 6.07) is 0.419. The van der Waals surface area contributed by atoms with Crippen molar-refractivity contribution >= 4 is 5.91 Å². The van der Waals surface area contributed by atoms with E-state index in [1.54, 1.807) is 0 Å². The molecular weight excluding hydrogens is 236 g/mol. The molecule has 1 atom stereocenters. The first-order valence-electron chi connectivity index (χ1n) is 7.95. The van der Waals surface area contributed by atoms with E-state index >= 15 is 0 Å². The first kappa shape index (κ1) is 16.5. The topological polar surface area (TPSA) is 32.3 Å². The van der Waals surface area contributed by atoms with Crippen molar-refractivity contribution in [1.29, 1.82) is 0 Å². The average molecular weight is 268 g/mol. The van der Waals surface area contributed by atoms with Crippen LogP contribution < -0.4 is 5.32 Å². The highest BCUT2D eigenvalue weighted by Crippen LogP contribution is 2.15. The van der Waals surface area contributed by atoms with Crippen LogP contribution in [0.1, 0.15) is 60.3 Å². The van der Waals surface area contributed by atoms with Crippen molar-refractivity contribution in [2.24, 2.45) is 11.8 Å². The van der Waals surface area contributed by atoms with Gasteiger partial charge in [-0.15, -0.1) is 0 Å². The van der Waals surface area contributed by atoms with Crippen LogP contribution in [-0.2, 0) is 4.79 Å². The molecule has 1 N–H and O–H groups in total. The number of hydrogen-bond acceptors (Lipinski definition) is 2. The van der Waals surface area contributed by atoms with Crippen molar-refractivity contribution in [3.63, 3.8) is 0 Å². The number of carbonyl (C=O) groups is 1. The lowest BCUT2D eigenvalue weighted by Crippen LogP contribution is -2.48. The van der Waals surface area contributed by atoms with Gasteiger partial charge in [0.2, 0.25) is 5.91 Å². The number of likely N-dealkylation sites (tertiary alicyclic amines) is 1. The Kier molecular flexibility index (Phi) is 6.84. The van der Waals surface area contributed by atoms with Crippen molar-refractivity contribution in [2.45, 2.75) is 72.4 Å². The molecule has 19 heavy (non-hydrogen) atoms. The standard InChI is InChI=1S/C16H32N2O/c1-12(2)10-15(11-13(3)4)17-14(5)16(19)18-8-6-7-9-18/h12-15,17H,6-11H2,1-5H3. The molecule has 0 aromatic heterocycles. The molecule has 112 valence electrons. The van der Waals surface area contributed by atoms with E-state index in [1.165, 1.54) is 12.8 Å². The Bertz CT molecular complexity index is 260. The lowest BCUT2D eigenvalue weighted by Gasteiger charge is -2.28. The van der Waals surface area contributed by atoms with E-state index in [1.807, 2.05) is 11.8 Å². The van der Waals surface area contributed by atoms with Crippen LogP contribution in [0, 0.1) is 11.8 Å². The number of hydrogen-bond donors (Lipinski definition) is 1. The third-order valence-electron chi connectivity index (χ3n) is 3.79. The number of carbonyl (C=O) groups excluding carboxylic acids is 1. The summed E-state index contributed by atoms with van der Waals surface area (Å²) in [5.74, 6) is 1.63. The molecule has 1 fully saturated rings. The summed E-state index contributed by atoms with van der Waals surface area (Å²) < 4.78 is 0. The normalized spacial score (nSPS) is 17.8. The molecule has 1 rings (SSSR count). The Balaban J connectivity index is 2.48. The lowest BCUT2D eigenvalue weighted by atomic mass is 9.95. The highest BCUT2D eigenvalue weighted by Gasteiger charge is 2.25. The van der Waals surface area contributed by atoms with Crippen LogP contribution in [-0.4, -0.2) is 36.0 Å². The molecule has 3 heteroatoms. The van der Waals surface area contributed by atoms with E-state index in [0.29, 0.717) is 17.9 Å². The van der Waals surface area contributed by atoms with Gasteiger partial charge in [-0.25, -0.2) is 0 Å². The molecule has 1 amide bonds. The number of rotatable bonds is 7. The van der Waals surface area contributed by atoms with E-state index < -0.39 is 0 Å². The molecule has 0 aliphatic carbocycles. The Morgan fingerprint density at radius 3 is 1.89 bits per heavy atom. The second-order valence-electron chi connectivity index (χ2n) is 6.88. The first-order valence-corrected chi connectivity index (χ1v) is 7.95. The zero-order valence-corrected chi connectivity index (χ0v) is 13.4. The highest BCUT2D eigenvalue weighted by molar-refractivity contribution is 5.81. The third kappa shape index (κ3) is 5.94. The smallest absolute Gasteiger partial charge is 0.239 e. The second kappa shape index (κ2) is 7.88. The third-order valence-corrected chi connectivity index (χ3v) is 3.79. The quantitative estimate of drug-likeness (QED) is 0.769. The lowest BCUT2D eigenvalue weighted by molar-refractivity contribution is -0.132. The highest BCUT2D eigenvalue weighted by atomic mass is 16.2. The van der Waals surface area contributed by atoms with Gasteiger partial charge in [0.25, 0.3) is 0 Å². The van der Waals surface area contributed by atoms with Crippen LogP contribution in [0.25, 0.3) is 0 Å². The predicted octanol–water partition coefficient (Wildman–Crippen LogP) is 3.05. The number of nitrogens with one attached hydrogen (secondary N) is 1. The van der Waals surface area contributed by atoms with Gasteiger partial charge < -0.3 is 10.2 Å².